The molecule has 2 bridgehead atoms. The zero-order valence-electron chi connectivity index (χ0n) is 12.0. The number of carbonyl (C=O) groups excluding carboxylic acids is 2. The number of hydrogen-bond acceptors (Lipinski definition) is 4. The number of amides is 2. The van der Waals surface area contributed by atoms with E-state index < -0.39 is 0 Å². The van der Waals surface area contributed by atoms with Gasteiger partial charge < -0.3 is 20.0 Å². The number of rotatable bonds is 4. The van der Waals surface area contributed by atoms with Crippen LogP contribution in [0.5, 0.6) is 0 Å². The minimum atomic E-state index is -0.270. The fourth-order valence-corrected chi connectivity index (χ4v) is 3.30. The van der Waals surface area contributed by atoms with Crippen molar-refractivity contribution in [3.63, 3.8) is 0 Å². The number of hydrogen-bond donors (Lipinski definition) is 2. The van der Waals surface area contributed by atoms with Gasteiger partial charge in [0.2, 0.25) is 5.91 Å². The molecule has 2 unspecified atom stereocenters. The van der Waals surface area contributed by atoms with Crippen LogP contribution in [0.3, 0.4) is 0 Å². The first-order chi connectivity index (χ1) is 10.3. The van der Waals surface area contributed by atoms with Crippen LogP contribution in [-0.2, 0) is 4.79 Å². The van der Waals surface area contributed by atoms with Crippen LogP contribution in [0.2, 0.25) is 0 Å². The van der Waals surface area contributed by atoms with Crippen LogP contribution in [0.4, 0.5) is 0 Å². The molecule has 0 spiro atoms. The second-order valence-electron chi connectivity index (χ2n) is 5.66. The molecule has 2 aliphatic heterocycles. The maximum absolute atomic E-state index is 12.4. The molecular weight excluding hydrogens is 270 g/mol. The summed E-state index contributed by atoms with van der Waals surface area (Å²) < 4.78 is 5.01. The van der Waals surface area contributed by atoms with E-state index in [-0.39, 0.29) is 17.6 Å². The van der Waals surface area contributed by atoms with Crippen molar-refractivity contribution in [2.45, 2.75) is 37.8 Å². The van der Waals surface area contributed by atoms with Gasteiger partial charge in [0.1, 0.15) is 0 Å². The van der Waals surface area contributed by atoms with Gasteiger partial charge in [0.05, 0.1) is 6.26 Å². The Balaban J connectivity index is 1.49. The Morgan fingerprint density at radius 1 is 1.33 bits per heavy atom. The van der Waals surface area contributed by atoms with Gasteiger partial charge >= 0.3 is 0 Å². The van der Waals surface area contributed by atoms with Crippen molar-refractivity contribution in [3.8, 4) is 0 Å². The fraction of sp³-hybridized carbons (Fsp3) is 0.600. The van der Waals surface area contributed by atoms with Gasteiger partial charge in [-0.25, -0.2) is 0 Å². The highest BCUT2D eigenvalue weighted by Gasteiger charge is 2.37. The van der Waals surface area contributed by atoms with Crippen molar-refractivity contribution >= 4 is 11.8 Å². The van der Waals surface area contributed by atoms with E-state index in [1.54, 1.807) is 12.1 Å². The minimum absolute atomic E-state index is 0.144. The van der Waals surface area contributed by atoms with E-state index in [1.807, 2.05) is 4.90 Å². The first-order valence-electron chi connectivity index (χ1n) is 7.59. The third kappa shape index (κ3) is 3.10. The average Bonchev–Trinajstić information content (AvgIpc) is 3.05. The largest absolute Gasteiger partial charge is 0.459 e. The van der Waals surface area contributed by atoms with E-state index in [1.165, 1.54) is 6.26 Å². The van der Waals surface area contributed by atoms with Crippen molar-refractivity contribution in [2.24, 2.45) is 0 Å². The normalized spacial score (nSPS) is 24.7. The number of nitrogens with zero attached hydrogens (tertiary/aromatic N) is 1. The summed E-state index contributed by atoms with van der Waals surface area (Å²) in [6.07, 6.45) is 5.03. The topological polar surface area (TPSA) is 74.6 Å². The predicted molar refractivity (Wildman–Crippen MR) is 76.8 cm³/mol. The van der Waals surface area contributed by atoms with Gasteiger partial charge in [0.25, 0.3) is 5.91 Å². The zero-order chi connectivity index (χ0) is 14.7. The summed E-state index contributed by atoms with van der Waals surface area (Å²) >= 11 is 0. The first kappa shape index (κ1) is 14.1. The smallest absolute Gasteiger partial charge is 0.286 e. The molecule has 6 heteroatoms. The van der Waals surface area contributed by atoms with E-state index in [2.05, 4.69) is 10.6 Å². The van der Waals surface area contributed by atoms with Gasteiger partial charge in [0.15, 0.2) is 5.76 Å². The monoisotopic (exact) mass is 291 g/mol. The third-order valence-corrected chi connectivity index (χ3v) is 4.31. The van der Waals surface area contributed by atoms with Gasteiger partial charge in [-0.2, -0.15) is 0 Å². The SMILES string of the molecule is O=C(NCCC(=O)N1C2CCNCC1CC2)c1ccco1. The molecule has 2 amide bonds. The Bertz CT molecular complexity index is 486. The molecule has 21 heavy (non-hydrogen) atoms. The predicted octanol–water partition coefficient (Wildman–Crippen LogP) is 0.752. The molecule has 1 aromatic heterocycles. The van der Waals surface area contributed by atoms with Gasteiger partial charge in [-0.1, -0.05) is 0 Å². The highest BCUT2D eigenvalue weighted by molar-refractivity contribution is 5.91. The molecule has 2 fully saturated rings. The summed E-state index contributed by atoms with van der Waals surface area (Å²) in [7, 11) is 0. The quantitative estimate of drug-likeness (QED) is 0.858. The minimum Gasteiger partial charge on any atom is -0.459 e. The van der Waals surface area contributed by atoms with Crippen molar-refractivity contribution in [3.05, 3.63) is 24.2 Å². The molecule has 0 aromatic carbocycles. The van der Waals surface area contributed by atoms with Crippen molar-refractivity contribution < 1.29 is 14.0 Å². The molecule has 6 nitrogen and oxygen atoms in total. The van der Waals surface area contributed by atoms with E-state index in [4.69, 9.17) is 4.42 Å². The van der Waals surface area contributed by atoms with Gasteiger partial charge in [-0.15, -0.1) is 0 Å². The van der Waals surface area contributed by atoms with Gasteiger partial charge in [0, 0.05) is 31.6 Å². The summed E-state index contributed by atoms with van der Waals surface area (Å²) in [5, 5.41) is 6.11. The van der Waals surface area contributed by atoms with Crippen LogP contribution in [-0.4, -0.2) is 48.4 Å². The number of nitrogens with one attached hydrogen (secondary N) is 2. The maximum atomic E-state index is 12.4. The molecular formula is C15H21N3O3. The van der Waals surface area contributed by atoms with Crippen LogP contribution >= 0.6 is 0 Å². The summed E-state index contributed by atoms with van der Waals surface area (Å²) in [4.78, 5) is 26.2. The van der Waals surface area contributed by atoms with E-state index in [0.29, 0.717) is 25.0 Å². The summed E-state index contributed by atoms with van der Waals surface area (Å²) in [6, 6.07) is 3.98. The highest BCUT2D eigenvalue weighted by Crippen LogP contribution is 2.28. The second kappa shape index (κ2) is 6.30. The molecule has 114 valence electrons. The second-order valence-corrected chi connectivity index (χ2v) is 5.66. The maximum Gasteiger partial charge on any atom is 0.286 e. The third-order valence-electron chi connectivity index (χ3n) is 4.31. The molecule has 3 heterocycles. The lowest BCUT2D eigenvalue weighted by Crippen LogP contribution is -2.43. The van der Waals surface area contributed by atoms with Crippen LogP contribution in [0.15, 0.2) is 22.8 Å². The van der Waals surface area contributed by atoms with Crippen LogP contribution in [0.1, 0.15) is 36.2 Å². The Morgan fingerprint density at radius 2 is 2.19 bits per heavy atom. The molecule has 2 aliphatic rings. The van der Waals surface area contributed by atoms with E-state index in [9.17, 15) is 9.59 Å². The van der Waals surface area contributed by atoms with Crippen molar-refractivity contribution in [1.82, 2.24) is 15.5 Å². The molecule has 2 N–H and O–H groups in total. The molecule has 2 saturated heterocycles. The highest BCUT2D eigenvalue weighted by atomic mass is 16.3. The van der Waals surface area contributed by atoms with Gasteiger partial charge in [-0.05, 0) is 37.9 Å². The summed E-state index contributed by atoms with van der Waals surface area (Å²) in [5.74, 6) is 0.153. The molecule has 2 atom stereocenters. The zero-order valence-corrected chi connectivity index (χ0v) is 12.0. The standard InChI is InChI=1S/C15H21N3O3/c19-14(6-8-17-15(20)13-2-1-9-21-13)18-11-3-4-12(18)10-16-7-5-11/h1-2,9,11-12,16H,3-8,10H2,(H,17,20). The Kier molecular flexibility index (Phi) is 4.24. The number of furan rings is 1. The lowest BCUT2D eigenvalue weighted by atomic mass is 10.1. The van der Waals surface area contributed by atoms with Crippen LogP contribution in [0.25, 0.3) is 0 Å². The van der Waals surface area contributed by atoms with E-state index in [0.717, 1.165) is 32.4 Å². The van der Waals surface area contributed by atoms with Gasteiger partial charge in [-0.3, -0.25) is 9.59 Å². The molecule has 1 aromatic rings. The van der Waals surface area contributed by atoms with Crippen molar-refractivity contribution in [2.75, 3.05) is 19.6 Å². The lowest BCUT2D eigenvalue weighted by Gasteiger charge is -2.28. The Hall–Kier alpha value is -1.82. The average molecular weight is 291 g/mol. The van der Waals surface area contributed by atoms with Crippen LogP contribution < -0.4 is 10.6 Å². The number of fused-ring (bicyclic) bond motifs is 2. The molecule has 0 aliphatic carbocycles. The molecule has 3 rings (SSSR count). The fourth-order valence-electron chi connectivity index (χ4n) is 3.30. The van der Waals surface area contributed by atoms with E-state index >= 15 is 0 Å². The molecule has 0 saturated carbocycles. The van der Waals surface area contributed by atoms with Crippen LogP contribution in [0, 0.1) is 0 Å². The Labute approximate surface area is 123 Å². The summed E-state index contributed by atoms with van der Waals surface area (Å²) in [5.41, 5.74) is 0. The van der Waals surface area contributed by atoms with Crippen molar-refractivity contribution in [1.29, 1.82) is 0 Å². The molecule has 0 radical (unpaired) electrons. The number of carbonyl (C=O) groups is 2. The lowest BCUT2D eigenvalue weighted by molar-refractivity contribution is -0.133. The summed E-state index contributed by atoms with van der Waals surface area (Å²) in [6.45, 7) is 2.23. The first-order valence-corrected chi connectivity index (χ1v) is 7.59. The Morgan fingerprint density at radius 3 is 3.00 bits per heavy atom.